The molecule has 1 heterocycles. The van der Waals surface area contributed by atoms with E-state index in [0.29, 0.717) is 5.69 Å². The van der Waals surface area contributed by atoms with E-state index in [4.69, 9.17) is 5.73 Å². The minimum Gasteiger partial charge on any atom is -0.382 e. The molecule has 0 radical (unpaired) electrons. The third-order valence-electron chi connectivity index (χ3n) is 3.48. The summed E-state index contributed by atoms with van der Waals surface area (Å²) < 4.78 is 28.6. The highest BCUT2D eigenvalue weighted by molar-refractivity contribution is 5.71. The molecule has 2 N–H and O–H groups in total. The van der Waals surface area contributed by atoms with Crippen molar-refractivity contribution in [2.24, 2.45) is 0 Å². The van der Waals surface area contributed by atoms with E-state index in [-0.39, 0.29) is 17.1 Å². The van der Waals surface area contributed by atoms with Crippen molar-refractivity contribution in [1.82, 2.24) is 15.0 Å². The molecule has 0 aliphatic heterocycles. The lowest BCUT2D eigenvalue weighted by atomic mass is 10.1. The maximum atomic E-state index is 13.8. The number of aryl methyl sites for hydroxylation is 1. The van der Waals surface area contributed by atoms with Gasteiger partial charge in [-0.05, 0) is 42.3 Å². The predicted octanol–water partition coefficient (Wildman–Crippen LogP) is 3.36. The summed E-state index contributed by atoms with van der Waals surface area (Å²) in [7, 11) is 0. The molecule has 0 amide bonds. The van der Waals surface area contributed by atoms with E-state index < -0.39 is 11.6 Å². The monoisotopic (exact) mass is 300 g/mol. The van der Waals surface area contributed by atoms with Gasteiger partial charge >= 0.3 is 0 Å². The van der Waals surface area contributed by atoms with Gasteiger partial charge in [0.2, 0.25) is 0 Å². The standard InChI is InChI=1S/C16H14F2N4/c1-2-10-3-6-12(7-4-10)22-16(19)15(20-21-22)13-9-11(17)5-8-14(13)18/h3-9H,2,19H2,1H3. The molecule has 22 heavy (non-hydrogen) atoms. The second kappa shape index (κ2) is 5.55. The number of anilines is 1. The van der Waals surface area contributed by atoms with E-state index in [1.54, 1.807) is 0 Å². The van der Waals surface area contributed by atoms with Crippen LogP contribution in [0.15, 0.2) is 42.5 Å². The molecular formula is C16H14F2N4. The number of nitrogens with two attached hydrogens (primary N) is 1. The second-order valence-electron chi connectivity index (χ2n) is 4.88. The van der Waals surface area contributed by atoms with Crippen molar-refractivity contribution in [2.75, 3.05) is 5.73 Å². The number of halogens is 2. The highest BCUT2D eigenvalue weighted by Gasteiger charge is 2.17. The zero-order valence-corrected chi connectivity index (χ0v) is 11.9. The first kappa shape index (κ1) is 14.2. The summed E-state index contributed by atoms with van der Waals surface area (Å²) in [6.45, 7) is 2.06. The molecule has 1 aromatic heterocycles. The molecule has 0 saturated carbocycles. The molecule has 3 aromatic rings. The fraction of sp³-hybridized carbons (Fsp3) is 0.125. The average molecular weight is 300 g/mol. The number of hydrogen-bond donors (Lipinski definition) is 1. The highest BCUT2D eigenvalue weighted by Crippen LogP contribution is 2.28. The summed E-state index contributed by atoms with van der Waals surface area (Å²) in [5, 5.41) is 7.83. The predicted molar refractivity (Wildman–Crippen MR) is 80.5 cm³/mol. The minimum atomic E-state index is -0.596. The summed E-state index contributed by atoms with van der Waals surface area (Å²) in [5.41, 5.74) is 8.01. The summed E-state index contributed by atoms with van der Waals surface area (Å²) in [6, 6.07) is 10.8. The molecule has 0 atom stereocenters. The maximum Gasteiger partial charge on any atom is 0.156 e. The van der Waals surface area contributed by atoms with Crippen molar-refractivity contribution < 1.29 is 8.78 Å². The highest BCUT2D eigenvalue weighted by atomic mass is 19.1. The molecule has 2 aromatic carbocycles. The number of aromatic nitrogens is 3. The van der Waals surface area contributed by atoms with E-state index in [1.807, 2.05) is 24.3 Å². The van der Waals surface area contributed by atoms with Crippen molar-refractivity contribution >= 4 is 5.82 Å². The summed E-state index contributed by atoms with van der Waals surface area (Å²) in [6.07, 6.45) is 0.923. The van der Waals surface area contributed by atoms with Crippen LogP contribution in [0.5, 0.6) is 0 Å². The third-order valence-corrected chi connectivity index (χ3v) is 3.48. The third kappa shape index (κ3) is 2.43. The van der Waals surface area contributed by atoms with Gasteiger partial charge in [-0.2, -0.15) is 4.68 Å². The van der Waals surface area contributed by atoms with Crippen LogP contribution in [-0.4, -0.2) is 15.0 Å². The first-order valence-corrected chi connectivity index (χ1v) is 6.86. The van der Waals surface area contributed by atoms with Gasteiger partial charge in [0, 0.05) is 5.56 Å². The molecule has 0 saturated heterocycles. The number of nitrogens with zero attached hydrogens (tertiary/aromatic N) is 3. The van der Waals surface area contributed by atoms with E-state index >= 15 is 0 Å². The number of benzene rings is 2. The van der Waals surface area contributed by atoms with Crippen molar-refractivity contribution in [1.29, 1.82) is 0 Å². The van der Waals surface area contributed by atoms with Gasteiger partial charge in [0.15, 0.2) is 5.82 Å². The number of rotatable bonds is 3. The van der Waals surface area contributed by atoms with E-state index in [0.717, 1.165) is 24.6 Å². The lowest BCUT2D eigenvalue weighted by Crippen LogP contribution is -2.02. The van der Waals surface area contributed by atoms with Gasteiger partial charge in [0.05, 0.1) is 5.69 Å². The van der Waals surface area contributed by atoms with Crippen LogP contribution in [0.3, 0.4) is 0 Å². The molecule has 112 valence electrons. The normalized spacial score (nSPS) is 10.9. The summed E-state index contributed by atoms with van der Waals surface area (Å²) in [5.74, 6) is -0.993. The van der Waals surface area contributed by atoms with E-state index in [9.17, 15) is 8.78 Å². The smallest absolute Gasteiger partial charge is 0.156 e. The lowest BCUT2D eigenvalue weighted by Gasteiger charge is -2.05. The topological polar surface area (TPSA) is 56.7 Å². The van der Waals surface area contributed by atoms with Crippen LogP contribution in [-0.2, 0) is 6.42 Å². The Labute approximate surface area is 126 Å². The fourth-order valence-corrected chi connectivity index (χ4v) is 2.22. The molecular weight excluding hydrogens is 286 g/mol. The fourth-order valence-electron chi connectivity index (χ4n) is 2.22. The average Bonchev–Trinajstić information content (AvgIpc) is 2.91. The molecule has 3 rings (SSSR count). The van der Waals surface area contributed by atoms with Crippen LogP contribution < -0.4 is 5.73 Å². The van der Waals surface area contributed by atoms with E-state index in [1.165, 1.54) is 10.2 Å². The molecule has 0 spiro atoms. The Morgan fingerprint density at radius 1 is 1.09 bits per heavy atom. The van der Waals surface area contributed by atoms with Gasteiger partial charge in [-0.15, -0.1) is 5.10 Å². The van der Waals surface area contributed by atoms with Gasteiger partial charge in [-0.1, -0.05) is 24.3 Å². The largest absolute Gasteiger partial charge is 0.382 e. The van der Waals surface area contributed by atoms with Crippen molar-refractivity contribution in [2.45, 2.75) is 13.3 Å². The van der Waals surface area contributed by atoms with Crippen LogP contribution >= 0.6 is 0 Å². The van der Waals surface area contributed by atoms with Gasteiger partial charge < -0.3 is 5.73 Å². The first-order valence-electron chi connectivity index (χ1n) is 6.86. The van der Waals surface area contributed by atoms with Crippen LogP contribution in [0.4, 0.5) is 14.6 Å². The Morgan fingerprint density at radius 2 is 1.82 bits per heavy atom. The first-order chi connectivity index (χ1) is 10.6. The van der Waals surface area contributed by atoms with E-state index in [2.05, 4.69) is 17.2 Å². The van der Waals surface area contributed by atoms with Crippen molar-refractivity contribution in [3.05, 3.63) is 59.7 Å². The Kier molecular flexibility index (Phi) is 3.58. The zero-order chi connectivity index (χ0) is 15.7. The van der Waals surface area contributed by atoms with Gasteiger partial charge in [0.25, 0.3) is 0 Å². The van der Waals surface area contributed by atoms with Crippen LogP contribution in [0.1, 0.15) is 12.5 Å². The van der Waals surface area contributed by atoms with Gasteiger partial charge in [0.1, 0.15) is 17.3 Å². The minimum absolute atomic E-state index is 0.00562. The lowest BCUT2D eigenvalue weighted by molar-refractivity contribution is 0.602. The second-order valence-corrected chi connectivity index (χ2v) is 4.88. The molecule has 4 nitrogen and oxygen atoms in total. The molecule has 0 fully saturated rings. The Morgan fingerprint density at radius 3 is 2.50 bits per heavy atom. The maximum absolute atomic E-state index is 13.8. The van der Waals surface area contributed by atoms with Gasteiger partial charge in [-0.25, -0.2) is 8.78 Å². The molecule has 0 unspecified atom stereocenters. The Hall–Kier alpha value is -2.76. The SMILES string of the molecule is CCc1ccc(-n2nnc(-c3cc(F)ccc3F)c2N)cc1. The summed E-state index contributed by atoms with van der Waals surface area (Å²) in [4.78, 5) is 0. The Balaban J connectivity index is 2.06. The summed E-state index contributed by atoms with van der Waals surface area (Å²) >= 11 is 0. The van der Waals surface area contributed by atoms with Crippen LogP contribution in [0.2, 0.25) is 0 Å². The van der Waals surface area contributed by atoms with Crippen molar-refractivity contribution in [3.63, 3.8) is 0 Å². The van der Waals surface area contributed by atoms with Crippen molar-refractivity contribution in [3.8, 4) is 16.9 Å². The van der Waals surface area contributed by atoms with Crippen LogP contribution in [0.25, 0.3) is 16.9 Å². The molecule has 0 aliphatic carbocycles. The quantitative estimate of drug-likeness (QED) is 0.807. The zero-order valence-electron chi connectivity index (χ0n) is 11.9. The Bertz CT molecular complexity index is 810. The number of nitrogen functional groups attached to an aromatic ring is 1. The molecule has 0 aliphatic rings. The molecule has 0 bridgehead atoms. The number of hydrogen-bond acceptors (Lipinski definition) is 3. The van der Waals surface area contributed by atoms with Gasteiger partial charge in [-0.3, -0.25) is 0 Å². The molecule has 6 heteroatoms. The van der Waals surface area contributed by atoms with Crippen LogP contribution in [0, 0.1) is 11.6 Å².